The van der Waals surface area contributed by atoms with Crippen molar-refractivity contribution in [3.05, 3.63) is 17.0 Å². The molecule has 0 aromatic carbocycles. The predicted molar refractivity (Wildman–Crippen MR) is 48.2 cm³/mol. The zero-order chi connectivity index (χ0) is 8.97. The van der Waals surface area contributed by atoms with Gasteiger partial charge in [-0.1, -0.05) is 5.16 Å². The summed E-state index contributed by atoms with van der Waals surface area (Å²) in [6.07, 6.45) is 0.906. The number of aromatic nitrogens is 1. The second-order valence-electron chi connectivity index (χ2n) is 2.48. The van der Waals surface area contributed by atoms with Gasteiger partial charge in [0.15, 0.2) is 0 Å². The molecule has 1 aromatic heterocycles. The Morgan fingerprint density at radius 2 is 2.33 bits per heavy atom. The summed E-state index contributed by atoms with van der Waals surface area (Å²) in [5.41, 5.74) is 2.03. The highest BCUT2D eigenvalue weighted by molar-refractivity contribution is 7.99. The number of rotatable bonds is 4. The van der Waals surface area contributed by atoms with Gasteiger partial charge in [0, 0.05) is 17.1 Å². The zero-order valence-corrected chi connectivity index (χ0v) is 7.98. The summed E-state index contributed by atoms with van der Waals surface area (Å²) in [6, 6.07) is 0. The fourth-order valence-corrected chi connectivity index (χ4v) is 1.75. The Kier molecular flexibility index (Phi) is 3.34. The van der Waals surface area contributed by atoms with Crippen LogP contribution in [0, 0.1) is 13.8 Å². The van der Waals surface area contributed by atoms with Crippen LogP contribution in [0.3, 0.4) is 0 Å². The van der Waals surface area contributed by atoms with Gasteiger partial charge in [-0.05, 0) is 13.8 Å². The van der Waals surface area contributed by atoms with Gasteiger partial charge in [0.25, 0.3) is 0 Å². The Labute approximate surface area is 75.5 Å². The third-order valence-corrected chi connectivity index (χ3v) is 2.48. The molecule has 0 aliphatic heterocycles. The summed E-state index contributed by atoms with van der Waals surface area (Å²) < 4.78 is 4.97. The minimum Gasteiger partial charge on any atom is -0.361 e. The van der Waals surface area contributed by atoms with Crippen molar-refractivity contribution in [2.45, 2.75) is 19.6 Å². The second-order valence-corrected chi connectivity index (χ2v) is 3.51. The monoisotopic (exact) mass is 185 g/mol. The number of carbonyl (C=O) groups excluding carboxylic acids is 1. The SMILES string of the molecule is Cc1noc(C)c1CSCC=O. The second kappa shape index (κ2) is 4.30. The molecule has 4 heteroatoms. The number of carbonyl (C=O) groups is 1. The minimum atomic E-state index is 0.532. The Morgan fingerprint density at radius 1 is 1.58 bits per heavy atom. The van der Waals surface area contributed by atoms with Gasteiger partial charge in [-0.25, -0.2) is 0 Å². The van der Waals surface area contributed by atoms with E-state index < -0.39 is 0 Å². The third-order valence-electron chi connectivity index (χ3n) is 1.61. The number of nitrogens with zero attached hydrogens (tertiary/aromatic N) is 1. The summed E-state index contributed by atoms with van der Waals surface area (Å²) in [5.74, 6) is 2.19. The average molecular weight is 185 g/mol. The lowest BCUT2D eigenvalue weighted by atomic mass is 10.2. The van der Waals surface area contributed by atoms with Crippen LogP contribution in [0.4, 0.5) is 0 Å². The highest BCUT2D eigenvalue weighted by Gasteiger charge is 2.07. The van der Waals surface area contributed by atoms with E-state index in [1.54, 1.807) is 11.8 Å². The van der Waals surface area contributed by atoms with Crippen molar-refractivity contribution in [1.29, 1.82) is 0 Å². The van der Waals surface area contributed by atoms with E-state index in [9.17, 15) is 4.79 Å². The minimum absolute atomic E-state index is 0.532. The van der Waals surface area contributed by atoms with Gasteiger partial charge in [-0.3, -0.25) is 0 Å². The van der Waals surface area contributed by atoms with E-state index in [1.807, 2.05) is 13.8 Å². The van der Waals surface area contributed by atoms with Gasteiger partial charge in [0.05, 0.1) is 5.69 Å². The van der Waals surface area contributed by atoms with E-state index in [0.29, 0.717) is 5.75 Å². The van der Waals surface area contributed by atoms with Crippen LogP contribution >= 0.6 is 11.8 Å². The molecule has 3 nitrogen and oxygen atoms in total. The summed E-state index contributed by atoms with van der Waals surface area (Å²) in [6.45, 7) is 3.80. The smallest absolute Gasteiger partial charge is 0.137 e. The average Bonchev–Trinajstić information content (AvgIpc) is 2.35. The molecule has 0 spiro atoms. The highest BCUT2D eigenvalue weighted by atomic mass is 32.2. The van der Waals surface area contributed by atoms with Gasteiger partial charge in [0.2, 0.25) is 0 Å². The van der Waals surface area contributed by atoms with E-state index in [0.717, 1.165) is 29.1 Å². The maximum atomic E-state index is 10.0. The quantitative estimate of drug-likeness (QED) is 0.529. The van der Waals surface area contributed by atoms with Crippen LogP contribution in [-0.2, 0) is 10.5 Å². The van der Waals surface area contributed by atoms with Crippen molar-refractivity contribution in [1.82, 2.24) is 5.16 Å². The third kappa shape index (κ3) is 2.11. The van der Waals surface area contributed by atoms with E-state index in [-0.39, 0.29) is 0 Å². The number of hydrogen-bond donors (Lipinski definition) is 0. The molecule has 0 aliphatic rings. The molecule has 0 unspecified atom stereocenters. The van der Waals surface area contributed by atoms with E-state index in [2.05, 4.69) is 5.16 Å². The van der Waals surface area contributed by atoms with E-state index in [1.165, 1.54) is 0 Å². The standard InChI is InChI=1S/C8H11NO2S/c1-6-8(5-12-4-3-10)7(2)11-9-6/h3H,4-5H2,1-2H3. The summed E-state index contributed by atoms with van der Waals surface area (Å²) in [7, 11) is 0. The first kappa shape index (κ1) is 9.32. The van der Waals surface area contributed by atoms with Crippen molar-refractivity contribution >= 4 is 18.0 Å². The molecule has 1 heterocycles. The van der Waals surface area contributed by atoms with Crippen LogP contribution in [0.1, 0.15) is 17.0 Å². The Morgan fingerprint density at radius 3 is 2.83 bits per heavy atom. The van der Waals surface area contributed by atoms with Gasteiger partial charge >= 0.3 is 0 Å². The van der Waals surface area contributed by atoms with E-state index >= 15 is 0 Å². The number of thioether (sulfide) groups is 1. The lowest BCUT2D eigenvalue weighted by Gasteiger charge is -1.95. The van der Waals surface area contributed by atoms with E-state index in [4.69, 9.17) is 4.52 Å². The molecular formula is C8H11NO2S. The first-order valence-corrected chi connectivity index (χ1v) is 4.84. The van der Waals surface area contributed by atoms with Gasteiger partial charge in [0.1, 0.15) is 12.0 Å². The summed E-state index contributed by atoms with van der Waals surface area (Å²) >= 11 is 1.57. The lowest BCUT2D eigenvalue weighted by molar-refractivity contribution is -0.105. The zero-order valence-electron chi connectivity index (χ0n) is 7.16. The van der Waals surface area contributed by atoms with Gasteiger partial charge < -0.3 is 9.32 Å². The molecule has 0 N–H and O–H groups in total. The fourth-order valence-electron chi connectivity index (χ4n) is 0.917. The van der Waals surface area contributed by atoms with Crippen molar-refractivity contribution in [3.8, 4) is 0 Å². The maximum absolute atomic E-state index is 10.0. The summed E-state index contributed by atoms with van der Waals surface area (Å²) in [4.78, 5) is 10.0. The molecule has 0 aliphatic carbocycles. The molecule has 1 aromatic rings. The Hall–Kier alpha value is -0.770. The molecule has 0 saturated heterocycles. The first-order chi connectivity index (χ1) is 5.75. The largest absolute Gasteiger partial charge is 0.361 e. The molecular weight excluding hydrogens is 174 g/mol. The van der Waals surface area contributed by atoms with Crippen molar-refractivity contribution in [2.24, 2.45) is 0 Å². The van der Waals surface area contributed by atoms with Crippen LogP contribution in [-0.4, -0.2) is 17.2 Å². The van der Waals surface area contributed by atoms with Crippen molar-refractivity contribution in [3.63, 3.8) is 0 Å². The molecule has 0 amide bonds. The molecule has 1 rings (SSSR count). The number of aryl methyl sites for hydroxylation is 2. The van der Waals surface area contributed by atoms with Crippen molar-refractivity contribution in [2.75, 3.05) is 5.75 Å². The van der Waals surface area contributed by atoms with Crippen LogP contribution in [0.2, 0.25) is 0 Å². The highest BCUT2D eigenvalue weighted by Crippen LogP contribution is 2.18. The van der Waals surface area contributed by atoms with Crippen LogP contribution < -0.4 is 0 Å². The number of hydrogen-bond acceptors (Lipinski definition) is 4. The molecule has 66 valence electrons. The normalized spacial score (nSPS) is 10.2. The predicted octanol–water partition coefficient (Wildman–Crippen LogP) is 1.72. The maximum Gasteiger partial charge on any atom is 0.137 e. The molecule has 12 heavy (non-hydrogen) atoms. The molecule has 0 saturated carbocycles. The van der Waals surface area contributed by atoms with Gasteiger partial charge in [-0.15, -0.1) is 11.8 Å². The van der Waals surface area contributed by atoms with Crippen molar-refractivity contribution < 1.29 is 9.32 Å². The Balaban J connectivity index is 2.55. The topological polar surface area (TPSA) is 43.1 Å². The molecule has 0 radical (unpaired) electrons. The summed E-state index contributed by atoms with van der Waals surface area (Å²) in [5, 5.41) is 3.82. The van der Waals surface area contributed by atoms with Crippen LogP contribution in [0.25, 0.3) is 0 Å². The fraction of sp³-hybridized carbons (Fsp3) is 0.500. The molecule has 0 bridgehead atoms. The number of aldehydes is 1. The lowest BCUT2D eigenvalue weighted by Crippen LogP contribution is -1.87. The van der Waals surface area contributed by atoms with Crippen LogP contribution in [0.5, 0.6) is 0 Å². The van der Waals surface area contributed by atoms with Gasteiger partial charge in [-0.2, -0.15) is 0 Å². The molecule has 0 atom stereocenters. The molecule has 0 fully saturated rings. The first-order valence-electron chi connectivity index (χ1n) is 3.69. The van der Waals surface area contributed by atoms with Crippen LogP contribution in [0.15, 0.2) is 4.52 Å². The Bertz CT molecular complexity index is 251.